The summed E-state index contributed by atoms with van der Waals surface area (Å²) >= 11 is 0. The molecule has 0 aromatic heterocycles. The number of carbonyl (C=O) groups excluding carboxylic acids is 3. The largest absolute Gasteiger partial charge is 0.391 e. The molecule has 2 N–H and O–H groups in total. The minimum absolute atomic E-state index is 0.0110. The van der Waals surface area contributed by atoms with E-state index >= 15 is 0 Å². The summed E-state index contributed by atoms with van der Waals surface area (Å²) in [7, 11) is 0. The average molecular weight is 267 g/mol. The Morgan fingerprint density at radius 2 is 2.11 bits per heavy atom. The van der Waals surface area contributed by atoms with Crippen molar-refractivity contribution in [2.24, 2.45) is 5.11 Å². The molecule has 0 saturated heterocycles. The minimum atomic E-state index is -0.962. The van der Waals surface area contributed by atoms with E-state index in [1.54, 1.807) is 0 Å². The highest BCUT2D eigenvalue weighted by molar-refractivity contribution is 6.13. The van der Waals surface area contributed by atoms with Crippen LogP contribution in [0.1, 0.15) is 6.42 Å². The normalized spacial score (nSPS) is 15.3. The van der Waals surface area contributed by atoms with Gasteiger partial charge in [0.25, 0.3) is 11.8 Å². The molecule has 1 rings (SSSR count). The standard InChI is InChI=1S/C10H13N5O4/c11-14-13-6-7(16)5-12-8(17)3-4-15-9(18)1-2-10(15)19/h1-2,7,16H,3-6H2,(H,12,17). The first-order valence-corrected chi connectivity index (χ1v) is 5.53. The summed E-state index contributed by atoms with van der Waals surface area (Å²) in [5.41, 5.74) is 8.03. The molecule has 0 radical (unpaired) electrons. The van der Waals surface area contributed by atoms with Crippen LogP contribution in [-0.2, 0) is 14.4 Å². The summed E-state index contributed by atoms with van der Waals surface area (Å²) in [4.78, 5) is 37.2. The zero-order valence-corrected chi connectivity index (χ0v) is 10.0. The van der Waals surface area contributed by atoms with Crippen LogP contribution in [0.15, 0.2) is 17.3 Å². The highest BCUT2D eigenvalue weighted by Crippen LogP contribution is 2.03. The van der Waals surface area contributed by atoms with Crippen molar-refractivity contribution >= 4 is 17.7 Å². The van der Waals surface area contributed by atoms with Crippen LogP contribution in [0.4, 0.5) is 0 Å². The molecule has 1 aliphatic heterocycles. The lowest BCUT2D eigenvalue weighted by molar-refractivity contribution is -0.137. The third kappa shape index (κ3) is 4.78. The summed E-state index contributed by atoms with van der Waals surface area (Å²) < 4.78 is 0. The third-order valence-corrected chi connectivity index (χ3v) is 2.35. The molecule has 1 heterocycles. The number of aliphatic hydroxyl groups excluding tert-OH is 1. The molecular formula is C10H13N5O4. The molecule has 0 bridgehead atoms. The number of rotatable bonds is 7. The van der Waals surface area contributed by atoms with Crippen LogP contribution in [0.5, 0.6) is 0 Å². The van der Waals surface area contributed by atoms with Gasteiger partial charge in [-0.2, -0.15) is 0 Å². The van der Waals surface area contributed by atoms with E-state index in [0.717, 1.165) is 17.1 Å². The first-order valence-electron chi connectivity index (χ1n) is 5.53. The molecule has 102 valence electrons. The lowest BCUT2D eigenvalue weighted by atomic mass is 10.3. The number of nitrogens with zero attached hydrogens (tertiary/aromatic N) is 4. The summed E-state index contributed by atoms with van der Waals surface area (Å²) in [6.07, 6.45) is 1.28. The Bertz CT molecular complexity index is 437. The first-order chi connectivity index (χ1) is 9.04. The van der Waals surface area contributed by atoms with Crippen LogP contribution in [0.3, 0.4) is 0 Å². The van der Waals surface area contributed by atoms with Crippen molar-refractivity contribution in [3.8, 4) is 0 Å². The van der Waals surface area contributed by atoms with Gasteiger partial charge in [0.2, 0.25) is 5.91 Å². The average Bonchev–Trinajstić information content (AvgIpc) is 2.71. The smallest absolute Gasteiger partial charge is 0.253 e. The fraction of sp³-hybridized carbons (Fsp3) is 0.500. The number of hydrogen-bond acceptors (Lipinski definition) is 5. The number of hydrogen-bond donors (Lipinski definition) is 2. The van der Waals surface area contributed by atoms with E-state index in [1.807, 2.05) is 0 Å². The van der Waals surface area contributed by atoms with Crippen molar-refractivity contribution in [1.29, 1.82) is 0 Å². The van der Waals surface area contributed by atoms with E-state index in [2.05, 4.69) is 15.3 Å². The third-order valence-electron chi connectivity index (χ3n) is 2.35. The van der Waals surface area contributed by atoms with Crippen LogP contribution in [0.2, 0.25) is 0 Å². The summed E-state index contributed by atoms with van der Waals surface area (Å²) in [5, 5.41) is 14.8. The predicted molar refractivity (Wildman–Crippen MR) is 63.5 cm³/mol. The fourth-order valence-corrected chi connectivity index (χ4v) is 1.38. The minimum Gasteiger partial charge on any atom is -0.391 e. The quantitative estimate of drug-likeness (QED) is 0.267. The van der Waals surface area contributed by atoms with E-state index in [9.17, 15) is 19.5 Å². The molecular weight excluding hydrogens is 254 g/mol. The molecule has 0 saturated carbocycles. The molecule has 1 unspecified atom stereocenters. The number of imide groups is 1. The van der Waals surface area contributed by atoms with Crippen molar-refractivity contribution < 1.29 is 19.5 Å². The van der Waals surface area contributed by atoms with Gasteiger partial charge in [-0.05, 0) is 5.53 Å². The Labute approximate surface area is 108 Å². The highest BCUT2D eigenvalue weighted by atomic mass is 16.3. The van der Waals surface area contributed by atoms with Gasteiger partial charge in [0.15, 0.2) is 0 Å². The van der Waals surface area contributed by atoms with Gasteiger partial charge in [-0.1, -0.05) is 5.11 Å². The zero-order chi connectivity index (χ0) is 14.3. The maximum Gasteiger partial charge on any atom is 0.253 e. The molecule has 0 aliphatic carbocycles. The predicted octanol–water partition coefficient (Wildman–Crippen LogP) is -0.911. The van der Waals surface area contributed by atoms with E-state index < -0.39 is 23.8 Å². The maximum atomic E-state index is 11.4. The van der Waals surface area contributed by atoms with Crippen molar-refractivity contribution in [2.45, 2.75) is 12.5 Å². The lowest BCUT2D eigenvalue weighted by Crippen LogP contribution is -2.37. The zero-order valence-electron chi connectivity index (χ0n) is 10.0. The second-order valence-electron chi connectivity index (χ2n) is 3.78. The monoisotopic (exact) mass is 267 g/mol. The van der Waals surface area contributed by atoms with Gasteiger partial charge in [0.1, 0.15) is 0 Å². The lowest BCUT2D eigenvalue weighted by Gasteiger charge is -2.14. The number of carbonyl (C=O) groups is 3. The molecule has 0 spiro atoms. The van der Waals surface area contributed by atoms with Gasteiger partial charge < -0.3 is 10.4 Å². The van der Waals surface area contributed by atoms with Gasteiger partial charge in [0, 0.05) is 36.6 Å². The molecule has 3 amide bonds. The Balaban J connectivity index is 2.23. The Morgan fingerprint density at radius 1 is 1.47 bits per heavy atom. The maximum absolute atomic E-state index is 11.4. The van der Waals surface area contributed by atoms with E-state index in [1.165, 1.54) is 0 Å². The molecule has 0 aromatic carbocycles. The van der Waals surface area contributed by atoms with Crippen molar-refractivity contribution in [3.63, 3.8) is 0 Å². The Morgan fingerprint density at radius 3 is 2.68 bits per heavy atom. The molecule has 0 aromatic rings. The molecule has 1 atom stereocenters. The first kappa shape index (κ1) is 14.7. The van der Waals surface area contributed by atoms with Crippen molar-refractivity contribution in [3.05, 3.63) is 22.6 Å². The van der Waals surface area contributed by atoms with E-state index in [4.69, 9.17) is 5.53 Å². The summed E-state index contributed by atoms with van der Waals surface area (Å²) in [5.74, 6) is -1.30. The summed E-state index contributed by atoms with van der Waals surface area (Å²) in [6, 6.07) is 0. The van der Waals surface area contributed by atoms with Crippen LogP contribution in [0.25, 0.3) is 10.4 Å². The van der Waals surface area contributed by atoms with E-state index in [-0.39, 0.29) is 26.1 Å². The van der Waals surface area contributed by atoms with Gasteiger partial charge in [-0.3, -0.25) is 19.3 Å². The fourth-order valence-electron chi connectivity index (χ4n) is 1.38. The second kappa shape index (κ2) is 7.14. The highest BCUT2D eigenvalue weighted by Gasteiger charge is 2.23. The molecule has 9 nitrogen and oxygen atoms in total. The Hall–Kier alpha value is -2.38. The van der Waals surface area contributed by atoms with Crippen molar-refractivity contribution in [1.82, 2.24) is 10.2 Å². The van der Waals surface area contributed by atoms with Gasteiger partial charge >= 0.3 is 0 Å². The van der Waals surface area contributed by atoms with Crippen LogP contribution >= 0.6 is 0 Å². The van der Waals surface area contributed by atoms with Crippen molar-refractivity contribution in [2.75, 3.05) is 19.6 Å². The Kier molecular flexibility index (Phi) is 5.52. The number of aliphatic hydroxyl groups is 1. The van der Waals surface area contributed by atoms with Crippen LogP contribution in [-0.4, -0.2) is 53.5 Å². The van der Waals surface area contributed by atoms with Crippen LogP contribution < -0.4 is 5.32 Å². The van der Waals surface area contributed by atoms with Gasteiger partial charge in [-0.15, -0.1) is 0 Å². The SMILES string of the molecule is [N-]=[N+]=NCC(O)CNC(=O)CCN1C(=O)C=CC1=O. The molecule has 19 heavy (non-hydrogen) atoms. The van der Waals surface area contributed by atoms with Gasteiger partial charge in [-0.25, -0.2) is 0 Å². The molecule has 0 fully saturated rings. The van der Waals surface area contributed by atoms with Gasteiger partial charge in [0.05, 0.1) is 12.6 Å². The molecule has 9 heteroatoms. The van der Waals surface area contributed by atoms with E-state index in [0.29, 0.717) is 0 Å². The number of azide groups is 1. The summed E-state index contributed by atoms with van der Waals surface area (Å²) in [6.45, 7) is -0.204. The number of nitrogens with one attached hydrogen (secondary N) is 1. The number of amides is 3. The molecule has 1 aliphatic rings. The second-order valence-corrected chi connectivity index (χ2v) is 3.78. The topological polar surface area (TPSA) is 135 Å². The van der Waals surface area contributed by atoms with Crippen LogP contribution in [0, 0.1) is 0 Å².